The van der Waals surface area contributed by atoms with E-state index < -0.39 is 0 Å². The lowest BCUT2D eigenvalue weighted by Gasteiger charge is -2.21. The van der Waals surface area contributed by atoms with Crippen LogP contribution in [-0.2, 0) is 13.5 Å². The van der Waals surface area contributed by atoms with Gasteiger partial charge in [-0.1, -0.05) is 19.3 Å². The van der Waals surface area contributed by atoms with Crippen molar-refractivity contribution in [1.82, 2.24) is 19.6 Å². The van der Waals surface area contributed by atoms with Crippen molar-refractivity contribution in [2.24, 2.45) is 12.8 Å². The molecule has 5 nitrogen and oxygen atoms in total. The summed E-state index contributed by atoms with van der Waals surface area (Å²) in [6.45, 7) is 2.06. The lowest BCUT2D eigenvalue weighted by molar-refractivity contribution is 0.328. The molecular formula is C16H25N5. The first kappa shape index (κ1) is 14.3. The van der Waals surface area contributed by atoms with Gasteiger partial charge in [0.15, 0.2) is 0 Å². The molecule has 0 saturated heterocycles. The number of nitrogens with two attached hydrogens (primary N) is 1. The SMILES string of the molecule is Cc1c(C(N)Cc2ccn(C3CCCCC3)n2)cnn1C. The minimum absolute atomic E-state index is 0.0339. The predicted molar refractivity (Wildman–Crippen MR) is 82.9 cm³/mol. The van der Waals surface area contributed by atoms with Crippen LogP contribution < -0.4 is 5.73 Å². The van der Waals surface area contributed by atoms with Gasteiger partial charge < -0.3 is 5.73 Å². The van der Waals surface area contributed by atoms with Crippen molar-refractivity contribution >= 4 is 0 Å². The van der Waals surface area contributed by atoms with Gasteiger partial charge in [0.25, 0.3) is 0 Å². The van der Waals surface area contributed by atoms with Crippen molar-refractivity contribution in [3.8, 4) is 0 Å². The molecule has 0 radical (unpaired) electrons. The molecule has 1 unspecified atom stereocenters. The molecule has 2 N–H and O–H groups in total. The minimum atomic E-state index is -0.0339. The maximum atomic E-state index is 6.33. The van der Waals surface area contributed by atoms with Crippen LogP contribution in [0.5, 0.6) is 0 Å². The summed E-state index contributed by atoms with van der Waals surface area (Å²) in [5.74, 6) is 0. The normalized spacial score (nSPS) is 18.0. The molecule has 2 aromatic heterocycles. The molecule has 1 saturated carbocycles. The Balaban J connectivity index is 1.67. The second-order valence-corrected chi connectivity index (χ2v) is 6.20. The van der Waals surface area contributed by atoms with E-state index in [2.05, 4.69) is 29.0 Å². The molecule has 5 heteroatoms. The molecule has 1 atom stereocenters. The fourth-order valence-electron chi connectivity index (χ4n) is 3.25. The van der Waals surface area contributed by atoms with Gasteiger partial charge in [0, 0.05) is 37.0 Å². The van der Waals surface area contributed by atoms with E-state index in [0.29, 0.717) is 6.04 Å². The van der Waals surface area contributed by atoms with Crippen LogP contribution in [0.2, 0.25) is 0 Å². The number of hydrogen-bond acceptors (Lipinski definition) is 3. The maximum absolute atomic E-state index is 6.33. The first-order valence-electron chi connectivity index (χ1n) is 7.93. The Bertz CT molecular complexity index is 592. The second kappa shape index (κ2) is 6.02. The van der Waals surface area contributed by atoms with E-state index >= 15 is 0 Å². The van der Waals surface area contributed by atoms with E-state index in [1.54, 1.807) is 0 Å². The van der Waals surface area contributed by atoms with Crippen molar-refractivity contribution in [2.75, 3.05) is 0 Å². The highest BCUT2D eigenvalue weighted by atomic mass is 15.3. The zero-order valence-electron chi connectivity index (χ0n) is 13.0. The molecule has 21 heavy (non-hydrogen) atoms. The fourth-order valence-corrected chi connectivity index (χ4v) is 3.25. The highest BCUT2D eigenvalue weighted by Gasteiger charge is 2.18. The molecule has 0 aliphatic heterocycles. The van der Waals surface area contributed by atoms with Gasteiger partial charge in [0.2, 0.25) is 0 Å². The Kier molecular flexibility index (Phi) is 4.10. The Hall–Kier alpha value is -1.62. The molecule has 2 heterocycles. The highest BCUT2D eigenvalue weighted by molar-refractivity contribution is 5.22. The summed E-state index contributed by atoms with van der Waals surface area (Å²) >= 11 is 0. The number of rotatable bonds is 4. The van der Waals surface area contributed by atoms with Gasteiger partial charge >= 0.3 is 0 Å². The number of hydrogen-bond donors (Lipinski definition) is 1. The topological polar surface area (TPSA) is 61.7 Å². The third-order valence-electron chi connectivity index (χ3n) is 4.71. The fraction of sp³-hybridized carbons (Fsp3) is 0.625. The summed E-state index contributed by atoms with van der Waals surface area (Å²) < 4.78 is 4.02. The van der Waals surface area contributed by atoms with Crippen LogP contribution >= 0.6 is 0 Å². The van der Waals surface area contributed by atoms with Crippen LogP contribution in [0.1, 0.15) is 61.1 Å². The van der Waals surface area contributed by atoms with E-state index in [-0.39, 0.29) is 6.04 Å². The molecule has 0 bridgehead atoms. The molecule has 1 aliphatic rings. The molecule has 0 aromatic carbocycles. The second-order valence-electron chi connectivity index (χ2n) is 6.20. The van der Waals surface area contributed by atoms with Crippen molar-refractivity contribution in [3.05, 3.63) is 35.4 Å². The summed E-state index contributed by atoms with van der Waals surface area (Å²) in [6, 6.07) is 2.66. The van der Waals surface area contributed by atoms with Gasteiger partial charge in [-0.05, 0) is 25.8 Å². The maximum Gasteiger partial charge on any atom is 0.0643 e. The molecule has 1 aliphatic carbocycles. The van der Waals surface area contributed by atoms with Crippen molar-refractivity contribution < 1.29 is 0 Å². The Morgan fingerprint density at radius 2 is 2.10 bits per heavy atom. The average molecular weight is 287 g/mol. The van der Waals surface area contributed by atoms with E-state index in [4.69, 9.17) is 10.8 Å². The van der Waals surface area contributed by atoms with Gasteiger partial charge in [-0.3, -0.25) is 9.36 Å². The van der Waals surface area contributed by atoms with Crippen LogP contribution in [0, 0.1) is 6.92 Å². The van der Waals surface area contributed by atoms with Gasteiger partial charge in [-0.25, -0.2) is 0 Å². The lowest BCUT2D eigenvalue weighted by Crippen LogP contribution is -2.16. The monoisotopic (exact) mass is 287 g/mol. The van der Waals surface area contributed by atoms with Crippen molar-refractivity contribution in [3.63, 3.8) is 0 Å². The Morgan fingerprint density at radius 1 is 1.33 bits per heavy atom. The van der Waals surface area contributed by atoms with Gasteiger partial charge in [-0.2, -0.15) is 10.2 Å². The first-order chi connectivity index (χ1) is 10.1. The van der Waals surface area contributed by atoms with E-state index in [0.717, 1.165) is 23.4 Å². The molecule has 0 amide bonds. The average Bonchev–Trinajstić information content (AvgIpc) is 3.08. The van der Waals surface area contributed by atoms with Gasteiger partial charge in [0.05, 0.1) is 17.9 Å². The number of aryl methyl sites for hydroxylation is 1. The first-order valence-corrected chi connectivity index (χ1v) is 7.93. The summed E-state index contributed by atoms with van der Waals surface area (Å²) in [5.41, 5.74) is 9.66. The molecule has 114 valence electrons. The molecular weight excluding hydrogens is 262 g/mol. The van der Waals surface area contributed by atoms with Crippen LogP contribution in [0.25, 0.3) is 0 Å². The molecule has 1 fully saturated rings. The Labute approximate surface area is 126 Å². The van der Waals surface area contributed by atoms with Gasteiger partial charge in [-0.15, -0.1) is 0 Å². The largest absolute Gasteiger partial charge is 0.324 e. The van der Waals surface area contributed by atoms with E-state index in [1.165, 1.54) is 32.1 Å². The van der Waals surface area contributed by atoms with Gasteiger partial charge in [0.1, 0.15) is 0 Å². The quantitative estimate of drug-likeness (QED) is 0.940. The van der Waals surface area contributed by atoms with Crippen molar-refractivity contribution in [2.45, 2.75) is 57.5 Å². The minimum Gasteiger partial charge on any atom is -0.324 e. The summed E-state index contributed by atoms with van der Waals surface area (Å²) in [6.07, 6.45) is 11.3. The third-order valence-corrected chi connectivity index (χ3v) is 4.71. The molecule has 3 rings (SSSR count). The molecule has 0 spiro atoms. The van der Waals surface area contributed by atoms with Crippen molar-refractivity contribution in [1.29, 1.82) is 0 Å². The summed E-state index contributed by atoms with van der Waals surface area (Å²) in [5, 5.41) is 9.01. The standard InChI is InChI=1S/C16H25N5/c1-12-15(11-18-20(12)2)16(17)10-13-8-9-21(19-13)14-6-4-3-5-7-14/h8-9,11,14,16H,3-7,10,17H2,1-2H3. The number of aromatic nitrogens is 4. The zero-order valence-corrected chi connectivity index (χ0v) is 13.0. The zero-order chi connectivity index (χ0) is 14.8. The highest BCUT2D eigenvalue weighted by Crippen LogP contribution is 2.28. The third kappa shape index (κ3) is 3.02. The summed E-state index contributed by atoms with van der Waals surface area (Å²) in [4.78, 5) is 0. The Morgan fingerprint density at radius 3 is 2.76 bits per heavy atom. The van der Waals surface area contributed by atoms with E-state index in [1.807, 2.05) is 17.9 Å². The smallest absolute Gasteiger partial charge is 0.0643 e. The lowest BCUT2D eigenvalue weighted by atomic mass is 9.96. The number of nitrogens with zero attached hydrogens (tertiary/aromatic N) is 4. The van der Waals surface area contributed by atoms with E-state index in [9.17, 15) is 0 Å². The van der Waals surface area contributed by atoms with Crippen LogP contribution in [0.15, 0.2) is 18.5 Å². The summed E-state index contributed by atoms with van der Waals surface area (Å²) in [7, 11) is 1.95. The van der Waals surface area contributed by atoms with Crippen LogP contribution in [0.3, 0.4) is 0 Å². The predicted octanol–water partition coefficient (Wildman–Crippen LogP) is 2.67. The molecule has 2 aromatic rings. The van der Waals surface area contributed by atoms with Crippen LogP contribution in [0.4, 0.5) is 0 Å². The van der Waals surface area contributed by atoms with Crippen LogP contribution in [-0.4, -0.2) is 19.6 Å².